The molecule has 3 aromatic carbocycles. The number of methoxy groups -OCH3 is 1. The Morgan fingerprint density at radius 3 is 2.50 bits per heavy atom. The van der Waals surface area contributed by atoms with Gasteiger partial charge in [-0.3, -0.25) is 4.57 Å². The first-order valence-electron chi connectivity index (χ1n) is 10.5. The van der Waals surface area contributed by atoms with Crippen LogP contribution in [0.1, 0.15) is 17.3 Å². The molecule has 0 aliphatic rings. The molecular formula is C25H20ClN5O2S. The molecule has 0 unspecified atom stereocenters. The highest BCUT2D eigenvalue weighted by Gasteiger charge is 2.20. The van der Waals surface area contributed by atoms with Crippen molar-refractivity contribution in [3.8, 4) is 22.8 Å². The summed E-state index contributed by atoms with van der Waals surface area (Å²) < 4.78 is 13.0. The van der Waals surface area contributed by atoms with Crippen LogP contribution in [0.4, 0.5) is 0 Å². The molecule has 0 fully saturated rings. The van der Waals surface area contributed by atoms with Crippen LogP contribution in [0.2, 0.25) is 5.02 Å². The maximum absolute atomic E-state index is 6.13. The summed E-state index contributed by atoms with van der Waals surface area (Å²) in [5.41, 5.74) is 2.85. The molecular weight excluding hydrogens is 470 g/mol. The van der Waals surface area contributed by atoms with Crippen molar-refractivity contribution in [2.75, 3.05) is 7.11 Å². The number of hydrogen-bond donors (Lipinski definition) is 0. The van der Waals surface area contributed by atoms with Crippen LogP contribution in [-0.2, 0) is 12.2 Å². The topological polar surface area (TPSA) is 78.9 Å². The quantitative estimate of drug-likeness (QED) is 0.252. The van der Waals surface area contributed by atoms with Crippen molar-refractivity contribution in [3.05, 3.63) is 101 Å². The van der Waals surface area contributed by atoms with Crippen LogP contribution in [0, 0.1) is 0 Å². The van der Waals surface area contributed by atoms with Gasteiger partial charge in [0.1, 0.15) is 5.75 Å². The van der Waals surface area contributed by atoms with E-state index in [-0.39, 0.29) is 0 Å². The Bertz CT molecular complexity index is 1390. The van der Waals surface area contributed by atoms with Gasteiger partial charge in [-0.05, 0) is 42.0 Å². The van der Waals surface area contributed by atoms with E-state index in [4.69, 9.17) is 20.9 Å². The fourth-order valence-electron chi connectivity index (χ4n) is 3.52. The first-order valence-corrected chi connectivity index (χ1v) is 11.9. The predicted octanol–water partition coefficient (Wildman–Crippen LogP) is 5.86. The monoisotopic (exact) mass is 489 g/mol. The summed E-state index contributed by atoms with van der Waals surface area (Å²) in [5.74, 6) is 3.01. The smallest absolute Gasteiger partial charge is 0.237 e. The Hall–Kier alpha value is -3.62. The molecule has 0 N–H and O–H groups in total. The van der Waals surface area contributed by atoms with Gasteiger partial charge in [-0.25, -0.2) is 0 Å². The molecule has 5 aromatic rings. The summed E-state index contributed by atoms with van der Waals surface area (Å²) in [5, 5.41) is 14.4. The zero-order valence-electron chi connectivity index (χ0n) is 18.3. The van der Waals surface area contributed by atoms with Crippen molar-refractivity contribution in [3.63, 3.8) is 0 Å². The number of ether oxygens (including phenoxy) is 1. The normalized spacial score (nSPS) is 11.0. The van der Waals surface area contributed by atoms with Crippen LogP contribution in [0.3, 0.4) is 0 Å². The molecule has 5 rings (SSSR count). The largest absolute Gasteiger partial charge is 0.496 e. The average Bonchev–Trinajstić information content (AvgIpc) is 3.50. The Morgan fingerprint density at radius 1 is 0.941 bits per heavy atom. The summed E-state index contributed by atoms with van der Waals surface area (Å²) in [6, 6.07) is 25.3. The van der Waals surface area contributed by atoms with Crippen molar-refractivity contribution in [1.29, 1.82) is 0 Å². The van der Waals surface area contributed by atoms with Gasteiger partial charge in [0.2, 0.25) is 5.89 Å². The van der Waals surface area contributed by atoms with Crippen molar-refractivity contribution in [2.45, 2.75) is 17.3 Å². The average molecular weight is 490 g/mol. The fourth-order valence-corrected chi connectivity index (χ4v) is 4.43. The molecule has 0 aliphatic heterocycles. The maximum Gasteiger partial charge on any atom is 0.237 e. The van der Waals surface area contributed by atoms with Crippen molar-refractivity contribution < 1.29 is 9.26 Å². The number of nitrogens with zero attached hydrogens (tertiary/aromatic N) is 5. The lowest BCUT2D eigenvalue weighted by molar-refractivity contribution is 0.385. The third-order valence-electron chi connectivity index (χ3n) is 5.11. The summed E-state index contributed by atoms with van der Waals surface area (Å²) in [6.45, 7) is 0. The molecule has 2 aromatic heterocycles. The van der Waals surface area contributed by atoms with Gasteiger partial charge in [0.15, 0.2) is 16.8 Å². The minimum absolute atomic E-state index is 0.458. The van der Waals surface area contributed by atoms with E-state index in [1.807, 2.05) is 83.4 Å². The Kier molecular flexibility index (Phi) is 6.60. The van der Waals surface area contributed by atoms with E-state index in [1.54, 1.807) is 7.11 Å². The highest BCUT2D eigenvalue weighted by molar-refractivity contribution is 7.98. The van der Waals surface area contributed by atoms with Crippen LogP contribution in [0.5, 0.6) is 5.75 Å². The minimum atomic E-state index is 0.458. The van der Waals surface area contributed by atoms with Gasteiger partial charge in [0.05, 0.1) is 18.4 Å². The second kappa shape index (κ2) is 10.1. The Balaban J connectivity index is 1.43. The summed E-state index contributed by atoms with van der Waals surface area (Å²) in [7, 11) is 1.64. The molecule has 0 saturated heterocycles. The molecule has 2 heterocycles. The summed E-state index contributed by atoms with van der Waals surface area (Å²) in [4.78, 5) is 4.53. The van der Waals surface area contributed by atoms with Crippen molar-refractivity contribution in [1.82, 2.24) is 24.9 Å². The van der Waals surface area contributed by atoms with Crippen LogP contribution >= 0.6 is 23.4 Å². The van der Waals surface area contributed by atoms with E-state index in [9.17, 15) is 0 Å². The number of hydrogen-bond acceptors (Lipinski definition) is 7. The number of benzene rings is 3. The molecule has 0 saturated carbocycles. The molecule has 0 spiro atoms. The molecule has 7 nitrogen and oxygen atoms in total. The van der Waals surface area contributed by atoms with Gasteiger partial charge in [-0.15, -0.1) is 10.2 Å². The molecule has 0 aliphatic carbocycles. The van der Waals surface area contributed by atoms with Crippen LogP contribution in [0.25, 0.3) is 17.1 Å². The van der Waals surface area contributed by atoms with E-state index in [0.29, 0.717) is 45.6 Å². The van der Waals surface area contributed by atoms with Crippen LogP contribution < -0.4 is 4.74 Å². The predicted molar refractivity (Wildman–Crippen MR) is 131 cm³/mol. The third kappa shape index (κ3) is 4.83. The zero-order chi connectivity index (χ0) is 23.3. The van der Waals surface area contributed by atoms with Gasteiger partial charge < -0.3 is 9.26 Å². The fraction of sp³-hybridized carbons (Fsp3) is 0.120. The molecule has 9 heteroatoms. The molecule has 170 valence electrons. The van der Waals surface area contributed by atoms with Gasteiger partial charge in [0.25, 0.3) is 0 Å². The Labute approximate surface area is 205 Å². The molecule has 0 radical (unpaired) electrons. The number of rotatable bonds is 8. The standard InChI is InChI=1S/C25H20ClN5O2S/c1-32-21-10-6-5-9-20(21)24-28-29-25(31(24)19-13-11-18(26)12-14-19)34-16-23-27-22(30-33-23)15-17-7-3-2-4-8-17/h2-14H,15-16H2,1H3. The molecule has 0 bridgehead atoms. The summed E-state index contributed by atoms with van der Waals surface area (Å²) >= 11 is 7.59. The number of aromatic nitrogens is 5. The van der Waals surface area contributed by atoms with Gasteiger partial charge in [-0.1, -0.05) is 71.0 Å². The van der Waals surface area contributed by atoms with Crippen molar-refractivity contribution >= 4 is 23.4 Å². The van der Waals surface area contributed by atoms with E-state index in [0.717, 1.165) is 16.8 Å². The summed E-state index contributed by atoms with van der Waals surface area (Å²) in [6.07, 6.45) is 0.619. The first-order chi connectivity index (χ1) is 16.7. The number of halogens is 1. The maximum atomic E-state index is 6.13. The van der Waals surface area contributed by atoms with E-state index in [2.05, 4.69) is 20.3 Å². The van der Waals surface area contributed by atoms with Gasteiger partial charge >= 0.3 is 0 Å². The number of para-hydroxylation sites is 1. The third-order valence-corrected chi connectivity index (χ3v) is 6.27. The van der Waals surface area contributed by atoms with E-state index < -0.39 is 0 Å². The first kappa shape index (κ1) is 22.2. The zero-order valence-corrected chi connectivity index (χ0v) is 19.8. The van der Waals surface area contributed by atoms with Crippen LogP contribution in [-0.4, -0.2) is 32.0 Å². The minimum Gasteiger partial charge on any atom is -0.496 e. The van der Waals surface area contributed by atoms with Crippen molar-refractivity contribution in [2.24, 2.45) is 0 Å². The highest BCUT2D eigenvalue weighted by atomic mass is 35.5. The van der Waals surface area contributed by atoms with Gasteiger partial charge in [-0.2, -0.15) is 4.98 Å². The lowest BCUT2D eigenvalue weighted by Crippen LogP contribution is -2.01. The molecule has 34 heavy (non-hydrogen) atoms. The second-order valence-electron chi connectivity index (χ2n) is 7.37. The SMILES string of the molecule is COc1ccccc1-c1nnc(SCc2nc(Cc3ccccc3)no2)n1-c1ccc(Cl)cc1. The molecule has 0 amide bonds. The lowest BCUT2D eigenvalue weighted by atomic mass is 10.1. The van der Waals surface area contributed by atoms with Gasteiger partial charge in [0, 0.05) is 17.1 Å². The van der Waals surface area contributed by atoms with E-state index >= 15 is 0 Å². The van der Waals surface area contributed by atoms with Crippen LogP contribution in [0.15, 0.2) is 88.5 Å². The highest BCUT2D eigenvalue weighted by Crippen LogP contribution is 2.34. The second-order valence-corrected chi connectivity index (χ2v) is 8.75. The molecule has 0 atom stereocenters. The Morgan fingerprint density at radius 2 is 1.71 bits per heavy atom. The van der Waals surface area contributed by atoms with E-state index in [1.165, 1.54) is 11.8 Å². The lowest BCUT2D eigenvalue weighted by Gasteiger charge is -2.12. The number of thioether (sulfide) groups is 1.